The zero-order valence-electron chi connectivity index (χ0n) is 12.3. The van der Waals surface area contributed by atoms with Crippen molar-refractivity contribution in [3.05, 3.63) is 28.8 Å². The first-order valence-corrected chi connectivity index (χ1v) is 8.35. The number of hydrogen-bond acceptors (Lipinski definition) is 6. The van der Waals surface area contributed by atoms with Gasteiger partial charge < -0.3 is 14.9 Å². The van der Waals surface area contributed by atoms with Crippen molar-refractivity contribution in [2.24, 2.45) is 0 Å². The van der Waals surface area contributed by atoms with E-state index in [1.54, 1.807) is 30.8 Å². The van der Waals surface area contributed by atoms with Crippen LogP contribution in [0, 0.1) is 0 Å². The van der Waals surface area contributed by atoms with Crippen molar-refractivity contribution < 1.29 is 19.7 Å². The molecule has 0 aliphatic carbocycles. The quantitative estimate of drug-likeness (QED) is 0.708. The fourth-order valence-corrected chi connectivity index (χ4v) is 3.56. The molecule has 1 heterocycles. The van der Waals surface area contributed by atoms with Gasteiger partial charge in [0.2, 0.25) is 0 Å². The first kappa shape index (κ1) is 16.1. The van der Waals surface area contributed by atoms with E-state index in [-0.39, 0.29) is 18.3 Å². The average Bonchev–Trinajstić information content (AvgIpc) is 2.47. The molecule has 0 spiro atoms. The number of fused-ring (bicyclic) bond motifs is 1. The Balaban J connectivity index is 2.57. The van der Waals surface area contributed by atoms with E-state index in [0.29, 0.717) is 24.5 Å². The highest BCUT2D eigenvalue weighted by atomic mass is 32.2. The second-order valence-electron chi connectivity index (χ2n) is 5.03. The third kappa shape index (κ3) is 2.88. The van der Waals surface area contributed by atoms with Gasteiger partial charge in [-0.25, -0.2) is 4.79 Å². The standard InChI is InChI=1S/C15H21NO4S/c1-3-20-14(19)15(9-21-2)12-6-11(8-17)13(18)7-10(12)4-5-16-15/h6-7,16-18H,3-5,8-9H2,1-2H3/t15-/m0/s1. The summed E-state index contributed by atoms with van der Waals surface area (Å²) in [6.45, 7) is 2.48. The Morgan fingerprint density at radius 2 is 2.29 bits per heavy atom. The van der Waals surface area contributed by atoms with Gasteiger partial charge in [-0.2, -0.15) is 11.8 Å². The van der Waals surface area contributed by atoms with E-state index in [0.717, 1.165) is 17.5 Å². The van der Waals surface area contributed by atoms with E-state index in [4.69, 9.17) is 4.74 Å². The molecule has 0 saturated carbocycles. The first-order chi connectivity index (χ1) is 10.1. The average molecular weight is 311 g/mol. The fourth-order valence-electron chi connectivity index (χ4n) is 2.75. The molecular formula is C15H21NO4S. The lowest BCUT2D eigenvalue weighted by Crippen LogP contribution is -2.55. The Kier molecular flexibility index (Phi) is 5.13. The highest BCUT2D eigenvalue weighted by Crippen LogP contribution is 2.36. The molecule has 1 aromatic rings. The summed E-state index contributed by atoms with van der Waals surface area (Å²) in [4.78, 5) is 12.5. The van der Waals surface area contributed by atoms with Gasteiger partial charge in [0.15, 0.2) is 5.54 Å². The van der Waals surface area contributed by atoms with Gasteiger partial charge in [0, 0.05) is 17.9 Å². The Morgan fingerprint density at radius 3 is 2.90 bits per heavy atom. The van der Waals surface area contributed by atoms with Gasteiger partial charge in [-0.3, -0.25) is 5.32 Å². The van der Waals surface area contributed by atoms with Crippen molar-refractivity contribution >= 4 is 17.7 Å². The van der Waals surface area contributed by atoms with Crippen LogP contribution >= 0.6 is 11.8 Å². The number of aliphatic hydroxyl groups excluding tert-OH is 1. The normalized spacial score (nSPS) is 20.9. The van der Waals surface area contributed by atoms with Crippen LogP contribution in [0.15, 0.2) is 12.1 Å². The van der Waals surface area contributed by atoms with E-state index < -0.39 is 5.54 Å². The third-order valence-electron chi connectivity index (χ3n) is 3.74. The molecule has 0 unspecified atom stereocenters. The molecule has 0 aromatic heterocycles. The fraction of sp³-hybridized carbons (Fsp3) is 0.533. The zero-order chi connectivity index (χ0) is 15.5. The van der Waals surface area contributed by atoms with Crippen molar-refractivity contribution in [2.45, 2.75) is 25.5 Å². The van der Waals surface area contributed by atoms with Crippen LogP contribution in [0.25, 0.3) is 0 Å². The zero-order valence-corrected chi connectivity index (χ0v) is 13.1. The summed E-state index contributed by atoms with van der Waals surface area (Å²) in [6, 6.07) is 3.36. The summed E-state index contributed by atoms with van der Waals surface area (Å²) in [6.07, 6.45) is 2.66. The number of phenols is 1. The van der Waals surface area contributed by atoms with E-state index in [1.165, 1.54) is 0 Å². The minimum atomic E-state index is -0.916. The third-order valence-corrected chi connectivity index (χ3v) is 4.46. The van der Waals surface area contributed by atoms with Gasteiger partial charge >= 0.3 is 5.97 Å². The maximum atomic E-state index is 12.5. The molecule has 0 amide bonds. The molecule has 2 rings (SSSR count). The molecule has 0 fully saturated rings. The molecular weight excluding hydrogens is 290 g/mol. The summed E-state index contributed by atoms with van der Waals surface area (Å²) in [5.74, 6) is 0.295. The summed E-state index contributed by atoms with van der Waals surface area (Å²) < 4.78 is 5.26. The maximum absolute atomic E-state index is 12.5. The molecule has 5 nitrogen and oxygen atoms in total. The number of hydrogen-bond donors (Lipinski definition) is 3. The van der Waals surface area contributed by atoms with Crippen LogP contribution in [0.2, 0.25) is 0 Å². The lowest BCUT2D eigenvalue weighted by atomic mass is 9.82. The number of ether oxygens (including phenoxy) is 1. The number of rotatable bonds is 5. The van der Waals surface area contributed by atoms with Crippen molar-refractivity contribution in [1.82, 2.24) is 5.32 Å². The molecule has 0 radical (unpaired) electrons. The number of carbonyl (C=O) groups excluding carboxylic acids is 1. The topological polar surface area (TPSA) is 78.8 Å². The van der Waals surface area contributed by atoms with Gasteiger partial charge in [0.1, 0.15) is 5.75 Å². The molecule has 1 aliphatic rings. The molecule has 1 aliphatic heterocycles. The number of aliphatic hydroxyl groups is 1. The predicted molar refractivity (Wildman–Crippen MR) is 82.4 cm³/mol. The van der Waals surface area contributed by atoms with E-state index in [2.05, 4.69) is 5.32 Å². The molecule has 1 atom stereocenters. The molecule has 116 valence electrons. The van der Waals surface area contributed by atoms with E-state index in [9.17, 15) is 15.0 Å². The van der Waals surface area contributed by atoms with Crippen molar-refractivity contribution in [3.63, 3.8) is 0 Å². The summed E-state index contributed by atoms with van der Waals surface area (Å²) in [5.41, 5.74) is 1.22. The summed E-state index contributed by atoms with van der Waals surface area (Å²) in [5, 5.41) is 22.6. The van der Waals surface area contributed by atoms with Crippen molar-refractivity contribution in [2.75, 3.05) is 25.2 Å². The van der Waals surface area contributed by atoms with Crippen LogP contribution in [-0.2, 0) is 28.1 Å². The van der Waals surface area contributed by atoms with Crippen LogP contribution in [0.4, 0.5) is 0 Å². The largest absolute Gasteiger partial charge is 0.508 e. The highest BCUT2D eigenvalue weighted by molar-refractivity contribution is 7.98. The Hall–Kier alpha value is -1.24. The summed E-state index contributed by atoms with van der Waals surface area (Å²) >= 11 is 1.55. The van der Waals surface area contributed by atoms with Crippen LogP contribution in [0.1, 0.15) is 23.6 Å². The number of nitrogens with one attached hydrogen (secondary N) is 1. The minimum absolute atomic E-state index is 0.0695. The van der Waals surface area contributed by atoms with Crippen LogP contribution in [0.3, 0.4) is 0 Å². The first-order valence-electron chi connectivity index (χ1n) is 6.96. The number of thioether (sulfide) groups is 1. The molecule has 6 heteroatoms. The Morgan fingerprint density at radius 1 is 1.52 bits per heavy atom. The molecule has 21 heavy (non-hydrogen) atoms. The van der Waals surface area contributed by atoms with Crippen LogP contribution in [0.5, 0.6) is 5.75 Å². The lowest BCUT2D eigenvalue weighted by molar-refractivity contribution is -0.151. The maximum Gasteiger partial charge on any atom is 0.331 e. The molecule has 3 N–H and O–H groups in total. The summed E-state index contributed by atoms with van der Waals surface area (Å²) in [7, 11) is 0. The van der Waals surface area contributed by atoms with Crippen LogP contribution in [-0.4, -0.2) is 41.3 Å². The van der Waals surface area contributed by atoms with E-state index in [1.807, 2.05) is 6.26 Å². The Bertz CT molecular complexity index is 535. The van der Waals surface area contributed by atoms with Gasteiger partial charge in [-0.05, 0) is 42.9 Å². The predicted octanol–water partition coefficient (Wildman–Crippen LogP) is 1.15. The smallest absolute Gasteiger partial charge is 0.331 e. The number of carbonyl (C=O) groups is 1. The van der Waals surface area contributed by atoms with Gasteiger partial charge in [-0.15, -0.1) is 0 Å². The van der Waals surface area contributed by atoms with Crippen molar-refractivity contribution in [3.8, 4) is 5.75 Å². The Labute approximate surface area is 128 Å². The second-order valence-corrected chi connectivity index (χ2v) is 5.90. The number of benzene rings is 1. The van der Waals surface area contributed by atoms with Crippen molar-refractivity contribution in [1.29, 1.82) is 0 Å². The van der Waals surface area contributed by atoms with Gasteiger partial charge in [0.25, 0.3) is 0 Å². The molecule has 0 saturated heterocycles. The van der Waals surface area contributed by atoms with Gasteiger partial charge in [0.05, 0.1) is 13.2 Å². The number of aromatic hydroxyl groups is 1. The molecule has 0 bridgehead atoms. The van der Waals surface area contributed by atoms with Crippen LogP contribution < -0.4 is 5.32 Å². The number of esters is 1. The lowest BCUT2D eigenvalue weighted by Gasteiger charge is -2.38. The SMILES string of the molecule is CCOC(=O)[C@@]1(CSC)NCCc2cc(O)c(CO)cc21. The monoisotopic (exact) mass is 311 g/mol. The molecule has 1 aromatic carbocycles. The second kappa shape index (κ2) is 6.68. The minimum Gasteiger partial charge on any atom is -0.508 e. The van der Waals surface area contributed by atoms with E-state index >= 15 is 0 Å². The highest BCUT2D eigenvalue weighted by Gasteiger charge is 2.44. The van der Waals surface area contributed by atoms with Gasteiger partial charge in [-0.1, -0.05) is 0 Å².